The molecule has 1 fully saturated rings. The molecule has 3 nitrogen and oxygen atoms in total. The summed E-state index contributed by atoms with van der Waals surface area (Å²) in [6.45, 7) is 5.85. The van der Waals surface area contributed by atoms with Crippen LogP contribution in [-0.2, 0) is 6.54 Å². The van der Waals surface area contributed by atoms with Gasteiger partial charge in [-0.15, -0.1) is 0 Å². The fraction of sp³-hybridized carbons (Fsp3) is 0.571. The Hall–Kier alpha value is -1.13. The van der Waals surface area contributed by atoms with Crippen molar-refractivity contribution in [3.8, 4) is 5.75 Å². The molecule has 1 aromatic carbocycles. The van der Waals surface area contributed by atoms with E-state index >= 15 is 0 Å². The third-order valence-corrected chi connectivity index (χ3v) is 3.57. The highest BCUT2D eigenvalue weighted by atomic mass is 19.1. The van der Waals surface area contributed by atoms with E-state index in [0.29, 0.717) is 18.3 Å². The Bertz CT molecular complexity index is 397. The zero-order valence-electron chi connectivity index (χ0n) is 11.1. The number of rotatable bonds is 3. The molecule has 18 heavy (non-hydrogen) atoms. The minimum atomic E-state index is -0.182. The maximum atomic E-state index is 13.9. The molecule has 4 heteroatoms. The Morgan fingerprint density at radius 3 is 3.00 bits per heavy atom. The first kappa shape index (κ1) is 13.3. The zero-order valence-corrected chi connectivity index (χ0v) is 11.1. The minimum absolute atomic E-state index is 0.182. The van der Waals surface area contributed by atoms with E-state index in [-0.39, 0.29) is 5.82 Å². The molecule has 0 aliphatic carbocycles. The van der Waals surface area contributed by atoms with Crippen molar-refractivity contribution >= 4 is 0 Å². The van der Waals surface area contributed by atoms with Crippen molar-refractivity contribution in [1.29, 1.82) is 0 Å². The van der Waals surface area contributed by atoms with Gasteiger partial charge in [0.15, 0.2) is 0 Å². The van der Waals surface area contributed by atoms with Gasteiger partial charge < -0.3 is 10.1 Å². The summed E-state index contributed by atoms with van der Waals surface area (Å²) in [5.41, 5.74) is 0.740. The van der Waals surface area contributed by atoms with Crippen LogP contribution in [0.25, 0.3) is 0 Å². The lowest BCUT2D eigenvalue weighted by atomic mass is 10.1. The lowest BCUT2D eigenvalue weighted by Crippen LogP contribution is -2.34. The highest BCUT2D eigenvalue weighted by Gasteiger charge is 2.18. The topological polar surface area (TPSA) is 24.5 Å². The number of nitrogens with one attached hydrogen (secondary N) is 1. The van der Waals surface area contributed by atoms with E-state index in [9.17, 15) is 4.39 Å². The summed E-state index contributed by atoms with van der Waals surface area (Å²) in [5, 5.41) is 3.37. The van der Waals surface area contributed by atoms with E-state index in [0.717, 1.165) is 31.6 Å². The first-order valence-electron chi connectivity index (χ1n) is 6.48. The molecule has 0 radical (unpaired) electrons. The summed E-state index contributed by atoms with van der Waals surface area (Å²) in [4.78, 5) is 2.32. The molecule has 1 unspecified atom stereocenters. The molecule has 100 valence electrons. The van der Waals surface area contributed by atoms with Crippen LogP contribution in [0.4, 0.5) is 4.39 Å². The minimum Gasteiger partial charge on any atom is -0.497 e. The molecule has 0 bridgehead atoms. The van der Waals surface area contributed by atoms with Gasteiger partial charge in [0.05, 0.1) is 7.11 Å². The van der Waals surface area contributed by atoms with Crippen molar-refractivity contribution in [3.05, 3.63) is 29.6 Å². The van der Waals surface area contributed by atoms with Crippen LogP contribution in [0.5, 0.6) is 5.75 Å². The van der Waals surface area contributed by atoms with Crippen LogP contribution in [0.15, 0.2) is 18.2 Å². The van der Waals surface area contributed by atoms with Crippen molar-refractivity contribution in [1.82, 2.24) is 10.2 Å². The van der Waals surface area contributed by atoms with E-state index in [2.05, 4.69) is 17.1 Å². The molecule has 1 aromatic rings. The van der Waals surface area contributed by atoms with Gasteiger partial charge in [0.1, 0.15) is 11.6 Å². The molecular weight excluding hydrogens is 231 g/mol. The highest BCUT2D eigenvalue weighted by Crippen LogP contribution is 2.19. The fourth-order valence-electron chi connectivity index (χ4n) is 2.30. The fourth-order valence-corrected chi connectivity index (χ4v) is 2.30. The maximum Gasteiger partial charge on any atom is 0.131 e. The monoisotopic (exact) mass is 252 g/mol. The highest BCUT2D eigenvalue weighted by molar-refractivity contribution is 5.28. The zero-order chi connectivity index (χ0) is 13.0. The Balaban J connectivity index is 2.07. The van der Waals surface area contributed by atoms with Crippen LogP contribution in [0, 0.1) is 5.82 Å². The molecule has 0 saturated carbocycles. The van der Waals surface area contributed by atoms with Crippen LogP contribution in [0.1, 0.15) is 18.9 Å². The number of hydrogen-bond acceptors (Lipinski definition) is 3. The average Bonchev–Trinajstić information content (AvgIpc) is 2.57. The summed E-state index contributed by atoms with van der Waals surface area (Å²) >= 11 is 0. The molecule has 1 aliphatic heterocycles. The van der Waals surface area contributed by atoms with Gasteiger partial charge in [0.25, 0.3) is 0 Å². The second-order valence-electron chi connectivity index (χ2n) is 4.82. The average molecular weight is 252 g/mol. The van der Waals surface area contributed by atoms with E-state index in [1.807, 2.05) is 12.1 Å². The smallest absolute Gasteiger partial charge is 0.131 e. The van der Waals surface area contributed by atoms with Crippen molar-refractivity contribution < 1.29 is 9.13 Å². The number of ether oxygens (including phenoxy) is 1. The molecule has 2 rings (SSSR count). The van der Waals surface area contributed by atoms with Crippen molar-refractivity contribution in [2.45, 2.75) is 25.9 Å². The normalized spacial score (nSPS) is 21.6. The number of benzene rings is 1. The van der Waals surface area contributed by atoms with Gasteiger partial charge in [-0.1, -0.05) is 6.07 Å². The second-order valence-corrected chi connectivity index (χ2v) is 4.82. The maximum absolute atomic E-state index is 13.9. The Morgan fingerprint density at radius 1 is 1.44 bits per heavy atom. The first-order chi connectivity index (χ1) is 8.70. The molecule has 0 amide bonds. The Kier molecular flexibility index (Phi) is 4.55. The van der Waals surface area contributed by atoms with Gasteiger partial charge >= 0.3 is 0 Å². The summed E-state index contributed by atoms with van der Waals surface area (Å²) in [6, 6.07) is 5.58. The first-order valence-corrected chi connectivity index (χ1v) is 6.48. The van der Waals surface area contributed by atoms with Gasteiger partial charge in [-0.3, -0.25) is 4.90 Å². The van der Waals surface area contributed by atoms with Crippen molar-refractivity contribution in [2.75, 3.05) is 26.7 Å². The molecule has 1 N–H and O–H groups in total. The van der Waals surface area contributed by atoms with Gasteiger partial charge in [-0.05, 0) is 26.0 Å². The standard InChI is InChI=1S/C14H21FN2O/c1-11-5-6-16-7-8-17(11)10-12-3-4-13(18-2)9-14(12)15/h3-4,9,11,16H,5-8,10H2,1-2H3. The third-order valence-electron chi connectivity index (χ3n) is 3.57. The largest absolute Gasteiger partial charge is 0.497 e. The van der Waals surface area contributed by atoms with E-state index < -0.39 is 0 Å². The molecule has 1 saturated heterocycles. The quantitative estimate of drug-likeness (QED) is 0.890. The number of hydrogen-bond donors (Lipinski definition) is 1. The molecular formula is C14H21FN2O. The Labute approximate surface area is 108 Å². The number of halogens is 1. The van der Waals surface area contributed by atoms with Crippen LogP contribution in [0.3, 0.4) is 0 Å². The molecule has 1 aliphatic rings. The SMILES string of the molecule is COc1ccc(CN2CCNCCC2C)c(F)c1. The summed E-state index contributed by atoms with van der Waals surface area (Å²) < 4.78 is 18.9. The summed E-state index contributed by atoms with van der Waals surface area (Å²) in [7, 11) is 1.55. The van der Waals surface area contributed by atoms with Gasteiger partial charge in [0.2, 0.25) is 0 Å². The van der Waals surface area contributed by atoms with E-state index in [4.69, 9.17) is 4.74 Å². The van der Waals surface area contributed by atoms with Crippen LogP contribution in [0.2, 0.25) is 0 Å². The number of nitrogens with zero attached hydrogens (tertiary/aromatic N) is 1. The lowest BCUT2D eigenvalue weighted by molar-refractivity contribution is 0.208. The second kappa shape index (κ2) is 6.16. The lowest BCUT2D eigenvalue weighted by Gasteiger charge is -2.26. The Morgan fingerprint density at radius 2 is 2.28 bits per heavy atom. The van der Waals surface area contributed by atoms with E-state index in [1.54, 1.807) is 7.11 Å². The van der Waals surface area contributed by atoms with Gasteiger partial charge in [-0.25, -0.2) is 4.39 Å². The molecule has 0 aromatic heterocycles. The predicted octanol–water partition coefficient (Wildman–Crippen LogP) is 2.02. The van der Waals surface area contributed by atoms with Gasteiger partial charge in [-0.2, -0.15) is 0 Å². The number of methoxy groups -OCH3 is 1. The molecule has 1 heterocycles. The third kappa shape index (κ3) is 3.21. The molecule has 1 atom stereocenters. The molecule has 0 spiro atoms. The predicted molar refractivity (Wildman–Crippen MR) is 70.3 cm³/mol. The van der Waals surface area contributed by atoms with Crippen molar-refractivity contribution in [3.63, 3.8) is 0 Å². The van der Waals surface area contributed by atoms with E-state index in [1.165, 1.54) is 6.07 Å². The van der Waals surface area contributed by atoms with Crippen molar-refractivity contribution in [2.24, 2.45) is 0 Å². The summed E-state index contributed by atoms with van der Waals surface area (Å²) in [6.07, 6.45) is 1.11. The summed E-state index contributed by atoms with van der Waals surface area (Å²) in [5.74, 6) is 0.389. The van der Waals surface area contributed by atoms with Crippen LogP contribution in [-0.4, -0.2) is 37.7 Å². The van der Waals surface area contributed by atoms with Gasteiger partial charge in [0, 0.05) is 37.3 Å². The van der Waals surface area contributed by atoms with Crippen LogP contribution >= 0.6 is 0 Å². The van der Waals surface area contributed by atoms with Crippen LogP contribution < -0.4 is 10.1 Å².